The highest BCUT2D eigenvalue weighted by atomic mass is 31.1. The van der Waals surface area contributed by atoms with Gasteiger partial charge >= 0.3 is 8.25 Å². The van der Waals surface area contributed by atoms with E-state index in [1.165, 1.54) is 12.8 Å². The van der Waals surface area contributed by atoms with Gasteiger partial charge in [0.25, 0.3) is 0 Å². The predicted octanol–water partition coefficient (Wildman–Crippen LogP) is 4.51. The van der Waals surface area contributed by atoms with Crippen molar-refractivity contribution in [2.24, 2.45) is 10.8 Å². The van der Waals surface area contributed by atoms with Crippen molar-refractivity contribution in [3.05, 3.63) is 0 Å². The Bertz CT molecular complexity index is 148. The lowest BCUT2D eigenvalue weighted by Gasteiger charge is -2.12. The summed E-state index contributed by atoms with van der Waals surface area (Å²) in [5, 5.41) is 0. The van der Waals surface area contributed by atoms with Gasteiger partial charge in [0.15, 0.2) is 0 Å². The smallest absolute Gasteiger partial charge is 0.134 e. The van der Waals surface area contributed by atoms with Gasteiger partial charge in [0.05, 0.1) is 0 Å². The molecule has 0 fully saturated rings. The van der Waals surface area contributed by atoms with Crippen LogP contribution in [0.1, 0.15) is 68.2 Å². The first kappa shape index (κ1) is 21.3. The van der Waals surface area contributed by atoms with Crippen LogP contribution < -0.4 is 0 Å². The Morgan fingerprint density at radius 2 is 0.875 bits per heavy atom. The van der Waals surface area contributed by atoms with E-state index in [1.54, 1.807) is 0 Å². The number of rotatable bonds is 0. The first-order chi connectivity index (χ1) is 6.85. The van der Waals surface area contributed by atoms with E-state index in [2.05, 4.69) is 55.4 Å². The molecule has 0 aromatic carbocycles. The van der Waals surface area contributed by atoms with Gasteiger partial charge in [-0.2, -0.15) is 0 Å². The molecule has 0 radical (unpaired) electrons. The molecule has 0 saturated carbocycles. The van der Waals surface area contributed by atoms with Crippen LogP contribution in [0.4, 0.5) is 0 Å². The van der Waals surface area contributed by atoms with Crippen molar-refractivity contribution in [2.75, 3.05) is 0 Å². The fraction of sp³-hybridized carbons (Fsp3) is 1.00. The van der Waals surface area contributed by atoms with Gasteiger partial charge in [-0.3, -0.25) is 0 Å². The standard InChI is InChI=1S/2C6H14.HO3P/c2*1-5-6(2,3)4;1-4(2)3/h2*5H2,1-4H3;(H-,1,2,3)/p+1. The Kier molecular flexibility index (Phi) is 13.6. The molecule has 3 nitrogen and oxygen atoms in total. The van der Waals surface area contributed by atoms with Gasteiger partial charge in [-0.15, -0.1) is 9.79 Å². The Morgan fingerprint density at radius 3 is 0.875 bits per heavy atom. The molecular formula is C12H30O3P+. The monoisotopic (exact) mass is 253 g/mol. The molecule has 0 atom stereocenters. The average molecular weight is 253 g/mol. The van der Waals surface area contributed by atoms with Crippen LogP contribution in [-0.4, -0.2) is 9.79 Å². The molecular weight excluding hydrogens is 223 g/mol. The molecule has 100 valence electrons. The fourth-order valence-corrected chi connectivity index (χ4v) is 0. The molecule has 0 aliphatic rings. The molecule has 0 unspecified atom stereocenters. The topological polar surface area (TPSA) is 57.5 Å². The Balaban J connectivity index is -0.000000162. The maximum absolute atomic E-state index is 8.70. The van der Waals surface area contributed by atoms with Gasteiger partial charge in [-0.05, 0) is 10.8 Å². The third kappa shape index (κ3) is 65.6. The van der Waals surface area contributed by atoms with Gasteiger partial charge in [0.1, 0.15) is 0 Å². The van der Waals surface area contributed by atoms with Crippen molar-refractivity contribution in [3.8, 4) is 0 Å². The van der Waals surface area contributed by atoms with E-state index >= 15 is 0 Å². The van der Waals surface area contributed by atoms with E-state index in [0.717, 1.165) is 0 Å². The molecule has 4 heteroatoms. The number of hydrogen-bond donors (Lipinski definition) is 2. The highest BCUT2D eigenvalue weighted by Crippen LogP contribution is 2.16. The van der Waals surface area contributed by atoms with Crippen molar-refractivity contribution >= 4 is 8.25 Å². The summed E-state index contributed by atoms with van der Waals surface area (Å²) in [6.45, 7) is 17.9. The van der Waals surface area contributed by atoms with Crippen LogP contribution in [0.3, 0.4) is 0 Å². The highest BCUT2D eigenvalue weighted by molar-refractivity contribution is 7.30. The van der Waals surface area contributed by atoms with Crippen molar-refractivity contribution in [2.45, 2.75) is 68.2 Å². The second-order valence-corrected chi connectivity index (χ2v) is 6.59. The molecule has 16 heavy (non-hydrogen) atoms. The molecule has 0 heterocycles. The van der Waals surface area contributed by atoms with Crippen LogP contribution in [-0.2, 0) is 4.57 Å². The summed E-state index contributed by atoms with van der Waals surface area (Å²) in [5.74, 6) is 0. The molecule has 0 aliphatic carbocycles. The molecule has 0 spiro atoms. The minimum atomic E-state index is -2.87. The van der Waals surface area contributed by atoms with Crippen molar-refractivity contribution in [1.82, 2.24) is 0 Å². The van der Waals surface area contributed by atoms with Gasteiger partial charge < -0.3 is 0 Å². The SMILES string of the molecule is CCC(C)(C)C.CCC(C)(C)C.O=[P+](O)O. The van der Waals surface area contributed by atoms with Crippen LogP contribution >= 0.6 is 8.25 Å². The van der Waals surface area contributed by atoms with Gasteiger partial charge in [0.2, 0.25) is 0 Å². The normalized spacial score (nSPS) is 10.6. The maximum Gasteiger partial charge on any atom is 0.692 e. The molecule has 0 rings (SSSR count). The summed E-state index contributed by atoms with van der Waals surface area (Å²) < 4.78 is 8.70. The van der Waals surface area contributed by atoms with Gasteiger partial charge in [-0.25, -0.2) is 0 Å². The number of hydrogen-bond acceptors (Lipinski definition) is 1. The summed E-state index contributed by atoms with van der Waals surface area (Å²) in [6, 6.07) is 0. The second kappa shape index (κ2) is 10.2. The molecule has 0 aromatic heterocycles. The summed E-state index contributed by atoms with van der Waals surface area (Å²) in [7, 11) is -2.87. The summed E-state index contributed by atoms with van der Waals surface area (Å²) >= 11 is 0. The lowest BCUT2D eigenvalue weighted by atomic mass is 9.94. The van der Waals surface area contributed by atoms with E-state index in [0.29, 0.717) is 10.8 Å². The van der Waals surface area contributed by atoms with E-state index in [4.69, 9.17) is 14.4 Å². The highest BCUT2D eigenvalue weighted by Gasteiger charge is 2.03. The molecule has 2 N–H and O–H groups in total. The van der Waals surface area contributed by atoms with Crippen molar-refractivity contribution < 1.29 is 14.4 Å². The third-order valence-corrected chi connectivity index (χ3v) is 2.12. The molecule has 0 aliphatic heterocycles. The van der Waals surface area contributed by atoms with Crippen LogP contribution in [0, 0.1) is 10.8 Å². The van der Waals surface area contributed by atoms with Crippen LogP contribution in [0.2, 0.25) is 0 Å². The molecule has 0 saturated heterocycles. The van der Waals surface area contributed by atoms with Gasteiger partial charge in [-0.1, -0.05) is 68.2 Å². The Labute approximate surface area is 102 Å². The predicted molar refractivity (Wildman–Crippen MR) is 71.5 cm³/mol. The zero-order valence-corrected chi connectivity index (χ0v) is 13.1. The summed E-state index contributed by atoms with van der Waals surface area (Å²) in [6.07, 6.45) is 2.54. The van der Waals surface area contributed by atoms with E-state index < -0.39 is 8.25 Å². The van der Waals surface area contributed by atoms with Crippen LogP contribution in [0.5, 0.6) is 0 Å². The first-order valence-electron chi connectivity index (χ1n) is 5.70. The van der Waals surface area contributed by atoms with E-state index in [9.17, 15) is 0 Å². The minimum Gasteiger partial charge on any atom is -0.134 e. The Hall–Kier alpha value is 0.0200. The van der Waals surface area contributed by atoms with Gasteiger partial charge in [0, 0.05) is 4.57 Å². The van der Waals surface area contributed by atoms with Crippen molar-refractivity contribution in [1.29, 1.82) is 0 Å². The molecule has 0 amide bonds. The summed E-state index contributed by atoms with van der Waals surface area (Å²) in [5.41, 5.74) is 1.08. The zero-order chi connectivity index (χ0) is 14.0. The zero-order valence-electron chi connectivity index (χ0n) is 12.2. The van der Waals surface area contributed by atoms with E-state index in [1.807, 2.05) is 0 Å². The van der Waals surface area contributed by atoms with Crippen molar-refractivity contribution in [3.63, 3.8) is 0 Å². The maximum atomic E-state index is 8.70. The fourth-order valence-electron chi connectivity index (χ4n) is 0. The molecule has 0 aromatic rings. The average Bonchev–Trinajstić information content (AvgIpc) is 2.02. The summed E-state index contributed by atoms with van der Waals surface area (Å²) in [4.78, 5) is 14.2. The first-order valence-corrected chi connectivity index (χ1v) is 6.87. The van der Waals surface area contributed by atoms with E-state index in [-0.39, 0.29) is 0 Å². The quantitative estimate of drug-likeness (QED) is 0.624. The lowest BCUT2D eigenvalue weighted by Crippen LogP contribution is -2.00. The Morgan fingerprint density at radius 1 is 0.812 bits per heavy atom. The lowest BCUT2D eigenvalue weighted by molar-refractivity contribution is 0.397. The third-order valence-electron chi connectivity index (χ3n) is 2.12. The molecule has 0 bridgehead atoms. The van der Waals surface area contributed by atoms with Crippen LogP contribution in [0.15, 0.2) is 0 Å². The minimum absolute atomic E-state index is 0.542. The second-order valence-electron chi connectivity index (χ2n) is 6.08. The largest absolute Gasteiger partial charge is 0.692 e. The van der Waals surface area contributed by atoms with Crippen LogP contribution in [0.25, 0.3) is 0 Å².